The Hall–Kier alpha value is -4.63. The summed E-state index contributed by atoms with van der Waals surface area (Å²) in [4.78, 5) is 34.3. The number of fused-ring (bicyclic) bond motifs is 1. The van der Waals surface area contributed by atoms with Crippen LogP contribution in [0.5, 0.6) is 5.75 Å². The lowest BCUT2D eigenvalue weighted by molar-refractivity contribution is 0.102. The van der Waals surface area contributed by atoms with Crippen molar-refractivity contribution in [3.63, 3.8) is 0 Å². The van der Waals surface area contributed by atoms with Gasteiger partial charge in [0.05, 0.1) is 41.9 Å². The number of aromatic nitrogens is 4. The SMILES string of the molecule is CC(C)(COc1ccc2[nH]c(-c3cc(NC(=O)c4cnn(Cc5ccccc5)c4)c[nH]c3=O)cc2c1)CN1CCCC1. The van der Waals surface area contributed by atoms with Crippen LogP contribution in [0.1, 0.15) is 42.6 Å². The Bertz CT molecular complexity index is 1740. The molecule has 1 aliphatic heterocycles. The van der Waals surface area contributed by atoms with Crippen LogP contribution in [0.15, 0.2) is 84.0 Å². The number of aromatic amines is 2. The summed E-state index contributed by atoms with van der Waals surface area (Å²) >= 11 is 0. The molecule has 2 aromatic carbocycles. The summed E-state index contributed by atoms with van der Waals surface area (Å²) in [5.41, 5.74) is 3.78. The van der Waals surface area contributed by atoms with Gasteiger partial charge in [-0.2, -0.15) is 5.10 Å². The largest absolute Gasteiger partial charge is 0.493 e. The number of carbonyl (C=O) groups excluding carboxylic acids is 1. The highest BCUT2D eigenvalue weighted by Crippen LogP contribution is 2.28. The molecule has 0 aliphatic carbocycles. The van der Waals surface area contributed by atoms with Crippen LogP contribution >= 0.6 is 0 Å². The highest BCUT2D eigenvalue weighted by molar-refractivity contribution is 6.04. The van der Waals surface area contributed by atoms with Crippen LogP contribution in [-0.2, 0) is 6.54 Å². The van der Waals surface area contributed by atoms with Crippen LogP contribution in [0.2, 0.25) is 0 Å². The summed E-state index contributed by atoms with van der Waals surface area (Å²) < 4.78 is 7.93. The number of carbonyl (C=O) groups is 1. The number of benzene rings is 2. The Balaban J connectivity index is 1.13. The molecule has 6 rings (SSSR count). The maximum absolute atomic E-state index is 12.9. The van der Waals surface area contributed by atoms with Crippen LogP contribution in [-0.4, -0.2) is 56.8 Å². The molecule has 216 valence electrons. The van der Waals surface area contributed by atoms with E-state index in [4.69, 9.17) is 4.74 Å². The van der Waals surface area contributed by atoms with Gasteiger partial charge in [0.25, 0.3) is 11.5 Å². The highest BCUT2D eigenvalue weighted by Gasteiger charge is 2.25. The van der Waals surface area contributed by atoms with Crippen molar-refractivity contribution in [1.29, 1.82) is 0 Å². The molecular weight excluding hydrogens is 528 g/mol. The van der Waals surface area contributed by atoms with E-state index in [0.717, 1.165) is 28.8 Å². The minimum atomic E-state index is -0.307. The second-order valence-corrected chi connectivity index (χ2v) is 11.9. The van der Waals surface area contributed by atoms with Crippen LogP contribution in [0, 0.1) is 5.41 Å². The third kappa shape index (κ3) is 6.47. The molecule has 0 unspecified atom stereocenters. The Kier molecular flexibility index (Phi) is 7.67. The van der Waals surface area contributed by atoms with Crippen molar-refractivity contribution in [2.24, 2.45) is 5.41 Å². The lowest BCUT2D eigenvalue weighted by Crippen LogP contribution is -2.36. The van der Waals surface area contributed by atoms with Crippen molar-refractivity contribution >= 4 is 22.5 Å². The van der Waals surface area contributed by atoms with E-state index in [0.29, 0.717) is 35.7 Å². The molecule has 1 fully saturated rings. The Labute approximate surface area is 244 Å². The Morgan fingerprint density at radius 2 is 1.88 bits per heavy atom. The molecule has 3 aromatic heterocycles. The molecule has 0 radical (unpaired) electrons. The van der Waals surface area contributed by atoms with Gasteiger partial charge in [-0.05, 0) is 61.8 Å². The predicted octanol–water partition coefficient (Wildman–Crippen LogP) is 5.52. The van der Waals surface area contributed by atoms with Crippen LogP contribution in [0.4, 0.5) is 5.69 Å². The molecule has 0 atom stereocenters. The third-order valence-electron chi connectivity index (χ3n) is 7.61. The van der Waals surface area contributed by atoms with Crippen molar-refractivity contribution in [3.05, 3.63) is 101 Å². The predicted molar refractivity (Wildman–Crippen MR) is 165 cm³/mol. The van der Waals surface area contributed by atoms with Gasteiger partial charge in [-0.15, -0.1) is 0 Å². The molecular formula is C33H36N6O3. The zero-order chi connectivity index (χ0) is 29.1. The minimum Gasteiger partial charge on any atom is -0.493 e. The van der Waals surface area contributed by atoms with Gasteiger partial charge in [0.1, 0.15) is 5.75 Å². The maximum atomic E-state index is 12.9. The van der Waals surface area contributed by atoms with Gasteiger partial charge in [0.2, 0.25) is 0 Å². The first-order valence-electron chi connectivity index (χ1n) is 14.4. The van der Waals surface area contributed by atoms with Crippen LogP contribution < -0.4 is 15.6 Å². The molecule has 4 heterocycles. The molecule has 0 spiro atoms. The molecule has 42 heavy (non-hydrogen) atoms. The van der Waals surface area contributed by atoms with Gasteiger partial charge in [-0.3, -0.25) is 14.3 Å². The highest BCUT2D eigenvalue weighted by atomic mass is 16.5. The smallest absolute Gasteiger partial charge is 0.258 e. The second kappa shape index (κ2) is 11.7. The number of nitrogens with zero attached hydrogens (tertiary/aromatic N) is 3. The molecule has 1 amide bonds. The molecule has 1 aliphatic rings. The zero-order valence-electron chi connectivity index (χ0n) is 24.0. The molecule has 3 N–H and O–H groups in total. The monoisotopic (exact) mass is 564 g/mol. The molecule has 5 aromatic rings. The van der Waals surface area contributed by atoms with Crippen LogP contribution in [0.25, 0.3) is 22.2 Å². The number of ether oxygens (including phenoxy) is 1. The summed E-state index contributed by atoms with van der Waals surface area (Å²) in [5, 5.41) is 8.13. The number of amides is 1. The average molecular weight is 565 g/mol. The fourth-order valence-electron chi connectivity index (χ4n) is 5.51. The van der Waals surface area contributed by atoms with Crippen molar-refractivity contribution in [2.45, 2.75) is 33.2 Å². The molecule has 9 heteroatoms. The Morgan fingerprint density at radius 3 is 2.69 bits per heavy atom. The zero-order valence-corrected chi connectivity index (χ0v) is 24.0. The van der Waals surface area contributed by atoms with E-state index in [1.165, 1.54) is 38.3 Å². The number of hydrogen-bond acceptors (Lipinski definition) is 5. The number of rotatable bonds is 10. The van der Waals surface area contributed by atoms with Crippen LogP contribution in [0.3, 0.4) is 0 Å². The molecule has 0 bridgehead atoms. The summed E-state index contributed by atoms with van der Waals surface area (Å²) in [6.07, 6.45) is 7.30. The summed E-state index contributed by atoms with van der Waals surface area (Å²) in [5.74, 6) is 0.490. The third-order valence-corrected chi connectivity index (χ3v) is 7.61. The first-order chi connectivity index (χ1) is 20.3. The maximum Gasteiger partial charge on any atom is 0.258 e. The number of likely N-dealkylation sites (tertiary alicyclic amines) is 1. The quantitative estimate of drug-likeness (QED) is 0.207. The standard InChI is InChI=1S/C33H36N6O3/c1-33(2,21-38-12-6-7-13-38)22-42-27-10-11-29-24(14-27)15-30(37-29)28-16-26(18-34-32(28)41)36-31(40)25-17-35-39(20-25)19-23-8-4-3-5-9-23/h3-5,8-11,14-18,20,37H,6-7,12-13,19,21-22H2,1-2H3,(H,34,41)(H,36,40). The lowest BCUT2D eigenvalue weighted by Gasteiger charge is -2.29. The van der Waals surface area contributed by atoms with E-state index in [1.807, 2.05) is 54.6 Å². The van der Waals surface area contributed by atoms with E-state index in [9.17, 15) is 9.59 Å². The lowest BCUT2D eigenvalue weighted by atomic mass is 9.94. The van der Waals surface area contributed by atoms with Crippen molar-refractivity contribution in [3.8, 4) is 17.0 Å². The first kappa shape index (κ1) is 27.5. The summed E-state index contributed by atoms with van der Waals surface area (Å²) in [7, 11) is 0. The minimum absolute atomic E-state index is 0.0430. The molecule has 1 saturated heterocycles. The summed E-state index contributed by atoms with van der Waals surface area (Å²) in [6.45, 7) is 9.05. The van der Waals surface area contributed by atoms with Gasteiger partial charge in [-0.1, -0.05) is 44.2 Å². The van der Waals surface area contributed by atoms with E-state index in [1.54, 1.807) is 16.9 Å². The average Bonchev–Trinajstić information content (AvgIpc) is 3.75. The number of anilines is 1. The fourth-order valence-corrected chi connectivity index (χ4v) is 5.51. The topological polar surface area (TPSA) is 108 Å². The number of hydrogen-bond donors (Lipinski definition) is 3. The van der Waals surface area contributed by atoms with Crippen molar-refractivity contribution in [2.75, 3.05) is 31.6 Å². The number of nitrogens with one attached hydrogen (secondary N) is 3. The molecule has 9 nitrogen and oxygen atoms in total. The fraction of sp³-hybridized carbons (Fsp3) is 0.303. The van der Waals surface area contributed by atoms with E-state index >= 15 is 0 Å². The van der Waals surface area contributed by atoms with Gasteiger partial charge in [0, 0.05) is 35.3 Å². The number of pyridine rings is 1. The normalized spacial score (nSPS) is 14.0. The van der Waals surface area contributed by atoms with Crippen molar-refractivity contribution < 1.29 is 9.53 Å². The van der Waals surface area contributed by atoms with E-state index < -0.39 is 0 Å². The Morgan fingerprint density at radius 1 is 1.07 bits per heavy atom. The first-order valence-corrected chi connectivity index (χ1v) is 14.4. The van der Waals surface area contributed by atoms with Gasteiger partial charge < -0.3 is 24.9 Å². The van der Waals surface area contributed by atoms with Gasteiger partial charge in [-0.25, -0.2) is 0 Å². The van der Waals surface area contributed by atoms with Crippen molar-refractivity contribution in [1.82, 2.24) is 24.6 Å². The number of H-pyrrole nitrogens is 2. The van der Waals surface area contributed by atoms with E-state index in [2.05, 4.69) is 39.1 Å². The second-order valence-electron chi connectivity index (χ2n) is 11.9. The summed E-state index contributed by atoms with van der Waals surface area (Å²) in [6, 6.07) is 19.4. The molecule has 0 saturated carbocycles. The van der Waals surface area contributed by atoms with Gasteiger partial charge >= 0.3 is 0 Å². The van der Waals surface area contributed by atoms with Gasteiger partial charge in [0.15, 0.2) is 0 Å². The van der Waals surface area contributed by atoms with E-state index in [-0.39, 0.29) is 16.9 Å².